The smallest absolute Gasteiger partial charge is 0.254 e. The highest BCUT2D eigenvalue weighted by atomic mass is 35.5. The molecule has 27 heavy (non-hydrogen) atoms. The van der Waals surface area contributed by atoms with E-state index in [1.54, 1.807) is 41.3 Å². The number of benzene rings is 2. The van der Waals surface area contributed by atoms with Crippen LogP contribution in [-0.2, 0) is 9.53 Å². The van der Waals surface area contributed by atoms with E-state index in [1.807, 2.05) is 13.0 Å². The van der Waals surface area contributed by atoms with Gasteiger partial charge in [0.15, 0.2) is 0 Å². The summed E-state index contributed by atoms with van der Waals surface area (Å²) in [5.41, 5.74) is 2.92. The molecule has 0 spiro atoms. The summed E-state index contributed by atoms with van der Waals surface area (Å²) in [5.74, 6) is -0.173. The maximum absolute atomic E-state index is 12.4. The Balaban J connectivity index is 1.53. The lowest BCUT2D eigenvalue weighted by Gasteiger charge is -2.26. The molecule has 1 aliphatic rings. The summed E-state index contributed by atoms with van der Waals surface area (Å²) in [7, 11) is 0. The van der Waals surface area contributed by atoms with Crippen molar-refractivity contribution in [1.82, 2.24) is 4.90 Å². The second-order valence-electron chi connectivity index (χ2n) is 6.30. The minimum atomic E-state index is -0.172. The molecule has 6 nitrogen and oxygen atoms in total. The number of carbonyl (C=O) groups excluding carboxylic acids is 2. The molecule has 2 amide bonds. The van der Waals surface area contributed by atoms with Gasteiger partial charge in [0.2, 0.25) is 5.91 Å². The van der Waals surface area contributed by atoms with Crippen LogP contribution in [0.2, 0.25) is 5.02 Å². The lowest BCUT2D eigenvalue weighted by atomic mass is 10.1. The van der Waals surface area contributed by atoms with E-state index in [0.29, 0.717) is 42.6 Å². The van der Waals surface area contributed by atoms with Crippen molar-refractivity contribution in [2.24, 2.45) is 0 Å². The Morgan fingerprint density at radius 1 is 1.11 bits per heavy atom. The number of rotatable bonds is 5. The van der Waals surface area contributed by atoms with Gasteiger partial charge in [-0.25, -0.2) is 0 Å². The van der Waals surface area contributed by atoms with Crippen LogP contribution >= 0.6 is 11.6 Å². The fourth-order valence-corrected chi connectivity index (χ4v) is 2.97. The molecule has 0 atom stereocenters. The molecule has 1 heterocycles. The lowest BCUT2D eigenvalue weighted by molar-refractivity contribution is -0.114. The summed E-state index contributed by atoms with van der Waals surface area (Å²) in [5, 5.41) is 6.50. The highest BCUT2D eigenvalue weighted by Gasteiger charge is 2.18. The van der Waals surface area contributed by atoms with Gasteiger partial charge in [0, 0.05) is 35.1 Å². The average Bonchev–Trinajstić information content (AvgIpc) is 2.70. The first-order valence-electron chi connectivity index (χ1n) is 8.80. The summed E-state index contributed by atoms with van der Waals surface area (Å²) >= 11 is 6.06. The van der Waals surface area contributed by atoms with Gasteiger partial charge in [-0.3, -0.25) is 9.59 Å². The SMILES string of the molecule is Cc1c(Cl)cccc1NC(=O)CNc1ccc(C(=O)N2CCOCC2)cc1. The number of morpholine rings is 1. The molecule has 3 rings (SSSR count). The van der Waals surface area contributed by atoms with E-state index in [4.69, 9.17) is 16.3 Å². The van der Waals surface area contributed by atoms with Gasteiger partial charge in [-0.2, -0.15) is 0 Å². The van der Waals surface area contributed by atoms with Gasteiger partial charge in [-0.05, 0) is 48.9 Å². The zero-order valence-electron chi connectivity index (χ0n) is 15.1. The van der Waals surface area contributed by atoms with Gasteiger partial charge in [0.25, 0.3) is 5.91 Å². The molecule has 0 radical (unpaired) electrons. The van der Waals surface area contributed by atoms with E-state index in [0.717, 1.165) is 11.3 Å². The van der Waals surface area contributed by atoms with Crippen molar-refractivity contribution in [2.75, 3.05) is 43.5 Å². The number of anilines is 2. The quantitative estimate of drug-likeness (QED) is 0.826. The van der Waals surface area contributed by atoms with Gasteiger partial charge >= 0.3 is 0 Å². The zero-order valence-corrected chi connectivity index (χ0v) is 15.9. The monoisotopic (exact) mass is 387 g/mol. The molecule has 7 heteroatoms. The first-order chi connectivity index (χ1) is 13.0. The van der Waals surface area contributed by atoms with Gasteiger partial charge in [-0.1, -0.05) is 17.7 Å². The molecule has 2 N–H and O–H groups in total. The van der Waals surface area contributed by atoms with Crippen molar-refractivity contribution in [2.45, 2.75) is 6.92 Å². The summed E-state index contributed by atoms with van der Waals surface area (Å²) < 4.78 is 5.27. The Morgan fingerprint density at radius 3 is 2.52 bits per heavy atom. The number of amides is 2. The van der Waals surface area contributed by atoms with Gasteiger partial charge < -0.3 is 20.3 Å². The van der Waals surface area contributed by atoms with Crippen LogP contribution < -0.4 is 10.6 Å². The van der Waals surface area contributed by atoms with Crippen LogP contribution in [0.3, 0.4) is 0 Å². The standard InChI is InChI=1S/C20H22ClN3O3/c1-14-17(21)3-2-4-18(14)23-19(25)13-22-16-7-5-15(6-8-16)20(26)24-9-11-27-12-10-24/h2-8,22H,9-13H2,1H3,(H,23,25). The number of ether oxygens (including phenoxy) is 1. The Hall–Kier alpha value is -2.57. The van der Waals surface area contributed by atoms with Crippen LogP contribution in [-0.4, -0.2) is 49.6 Å². The second-order valence-corrected chi connectivity index (χ2v) is 6.70. The van der Waals surface area contributed by atoms with Crippen molar-refractivity contribution < 1.29 is 14.3 Å². The number of nitrogens with one attached hydrogen (secondary N) is 2. The molecule has 1 saturated heterocycles. The van der Waals surface area contributed by atoms with Gasteiger partial charge in [0.1, 0.15) is 0 Å². The fraction of sp³-hybridized carbons (Fsp3) is 0.300. The van der Waals surface area contributed by atoms with Crippen molar-refractivity contribution >= 4 is 34.8 Å². The minimum absolute atomic E-state index is 0.000903. The van der Waals surface area contributed by atoms with Gasteiger partial charge in [-0.15, -0.1) is 0 Å². The molecule has 142 valence electrons. The number of halogens is 1. The second kappa shape index (κ2) is 8.88. The molecule has 1 fully saturated rings. The summed E-state index contributed by atoms with van der Waals surface area (Å²) in [6.45, 7) is 4.35. The number of hydrogen-bond donors (Lipinski definition) is 2. The molecule has 0 bridgehead atoms. The third-order valence-electron chi connectivity index (χ3n) is 4.42. The van der Waals surface area contributed by atoms with Crippen LogP contribution in [0.15, 0.2) is 42.5 Å². The normalized spacial score (nSPS) is 13.9. The predicted molar refractivity (Wildman–Crippen MR) is 106 cm³/mol. The van der Waals surface area contributed by atoms with Gasteiger partial charge in [0.05, 0.1) is 19.8 Å². The summed E-state index contributed by atoms with van der Waals surface area (Å²) in [4.78, 5) is 26.3. The lowest BCUT2D eigenvalue weighted by Crippen LogP contribution is -2.40. The van der Waals surface area contributed by atoms with Crippen LogP contribution in [0.1, 0.15) is 15.9 Å². The maximum atomic E-state index is 12.4. The van der Waals surface area contributed by atoms with E-state index in [-0.39, 0.29) is 18.4 Å². The largest absolute Gasteiger partial charge is 0.378 e. The topological polar surface area (TPSA) is 70.7 Å². The van der Waals surface area contributed by atoms with Crippen molar-refractivity contribution in [3.8, 4) is 0 Å². The Kier molecular flexibility index (Phi) is 6.32. The molecule has 2 aromatic carbocycles. The number of carbonyl (C=O) groups is 2. The maximum Gasteiger partial charge on any atom is 0.254 e. The Morgan fingerprint density at radius 2 is 1.81 bits per heavy atom. The minimum Gasteiger partial charge on any atom is -0.378 e. The predicted octanol–water partition coefficient (Wildman–Crippen LogP) is 3.17. The van der Waals surface area contributed by atoms with Crippen molar-refractivity contribution in [3.63, 3.8) is 0 Å². The number of hydrogen-bond acceptors (Lipinski definition) is 4. The van der Waals surface area contributed by atoms with Crippen molar-refractivity contribution in [1.29, 1.82) is 0 Å². The van der Waals surface area contributed by atoms with E-state index in [1.165, 1.54) is 0 Å². The summed E-state index contributed by atoms with van der Waals surface area (Å²) in [6, 6.07) is 12.5. The van der Waals surface area contributed by atoms with E-state index in [2.05, 4.69) is 10.6 Å². The molecule has 0 unspecified atom stereocenters. The molecule has 0 aromatic heterocycles. The molecule has 1 aliphatic heterocycles. The first-order valence-corrected chi connectivity index (χ1v) is 9.18. The summed E-state index contributed by atoms with van der Waals surface area (Å²) in [6.07, 6.45) is 0. The van der Waals surface area contributed by atoms with Crippen molar-refractivity contribution in [3.05, 3.63) is 58.6 Å². The van der Waals surface area contributed by atoms with Crippen LogP contribution in [0.4, 0.5) is 11.4 Å². The third-order valence-corrected chi connectivity index (χ3v) is 4.83. The number of nitrogens with zero attached hydrogens (tertiary/aromatic N) is 1. The highest BCUT2D eigenvalue weighted by Crippen LogP contribution is 2.22. The Labute approximate surface area is 163 Å². The zero-order chi connectivity index (χ0) is 19.2. The first kappa shape index (κ1) is 19.2. The molecule has 2 aromatic rings. The molecular weight excluding hydrogens is 366 g/mol. The average molecular weight is 388 g/mol. The molecule has 0 saturated carbocycles. The van der Waals surface area contributed by atoms with Crippen LogP contribution in [0.25, 0.3) is 0 Å². The third kappa shape index (κ3) is 4.99. The van der Waals surface area contributed by atoms with E-state index < -0.39 is 0 Å². The van der Waals surface area contributed by atoms with E-state index >= 15 is 0 Å². The molecular formula is C20H22ClN3O3. The molecule has 0 aliphatic carbocycles. The van der Waals surface area contributed by atoms with Crippen LogP contribution in [0, 0.1) is 6.92 Å². The Bertz CT molecular complexity index is 818. The highest BCUT2D eigenvalue weighted by molar-refractivity contribution is 6.31. The fourth-order valence-electron chi connectivity index (χ4n) is 2.80. The van der Waals surface area contributed by atoms with Crippen LogP contribution in [0.5, 0.6) is 0 Å². The van der Waals surface area contributed by atoms with E-state index in [9.17, 15) is 9.59 Å².